The molecule has 35 heavy (non-hydrogen) atoms. The van der Waals surface area contributed by atoms with E-state index in [4.69, 9.17) is 11.1 Å². The smallest absolute Gasteiger partial charge is 1.00 e. The predicted octanol–water partition coefficient (Wildman–Crippen LogP) is 3.25. The molecule has 200 valence electrons. The molecule has 2 heterocycles. The Labute approximate surface area is 253 Å². The molecule has 4 nitrogen and oxygen atoms in total. The van der Waals surface area contributed by atoms with Crippen LogP contribution in [-0.4, -0.2) is 81.0 Å². The number of allylic oxidation sites excluding steroid dienone is 2. The third-order valence-electron chi connectivity index (χ3n) is 5.30. The third kappa shape index (κ3) is 12.0. The topological polar surface area (TPSA) is 13.0 Å². The van der Waals surface area contributed by atoms with E-state index in [1.165, 1.54) is 5.20 Å². The van der Waals surface area contributed by atoms with Gasteiger partial charge >= 0.3 is 31.5 Å². The van der Waals surface area contributed by atoms with Gasteiger partial charge in [-0.3, -0.25) is 6.58 Å². The molecular weight excluding hydrogens is 564 g/mol. The molecule has 0 atom stereocenters. The van der Waals surface area contributed by atoms with Crippen LogP contribution < -0.4 is 17.0 Å². The molecule has 0 saturated carbocycles. The monoisotopic (exact) mass is 614 g/mol. The van der Waals surface area contributed by atoms with Crippen LogP contribution in [0.1, 0.15) is 96.9 Å². The van der Waals surface area contributed by atoms with Gasteiger partial charge < -0.3 is 41.3 Å². The van der Waals surface area contributed by atoms with Crippen LogP contribution in [0.2, 0.25) is 0 Å². The quantitative estimate of drug-likeness (QED) is 0.255. The van der Waals surface area contributed by atoms with Crippen LogP contribution in [0.15, 0.2) is 43.2 Å². The maximum absolute atomic E-state index is 6.54. The van der Waals surface area contributed by atoms with Crippen LogP contribution in [0.4, 0.5) is 0 Å². The molecule has 0 N–H and O–H groups in total. The summed E-state index contributed by atoms with van der Waals surface area (Å²) in [4.78, 5) is 0. The normalized spacial score (nSPS) is 16.7. The molecule has 0 bridgehead atoms. The first-order chi connectivity index (χ1) is 14.6. The molecule has 0 aromatic rings. The van der Waals surface area contributed by atoms with Gasteiger partial charge in [0.1, 0.15) is 0 Å². The second-order valence-electron chi connectivity index (χ2n) is 12.8. The van der Waals surface area contributed by atoms with E-state index in [-0.39, 0.29) is 62.2 Å². The van der Waals surface area contributed by atoms with Gasteiger partial charge in [0.2, 0.25) is 0 Å². The van der Waals surface area contributed by atoms with Gasteiger partial charge in [-0.05, 0) is 90.0 Å². The first-order valence-electron chi connectivity index (χ1n) is 11.8. The van der Waals surface area contributed by atoms with Gasteiger partial charge in [-0.2, -0.15) is 6.92 Å². The summed E-state index contributed by atoms with van der Waals surface area (Å²) in [5.74, 6) is 0. The minimum Gasteiger partial charge on any atom is -1.00 e. The molecule has 0 saturated heterocycles. The van der Waals surface area contributed by atoms with Crippen molar-refractivity contribution in [2.24, 2.45) is 0 Å². The second kappa shape index (κ2) is 14.9. The van der Waals surface area contributed by atoms with E-state index in [0.717, 1.165) is 0 Å². The van der Waals surface area contributed by atoms with Gasteiger partial charge in [0, 0.05) is 47.0 Å². The van der Waals surface area contributed by atoms with Crippen molar-refractivity contribution in [3.63, 3.8) is 0 Å². The molecule has 0 unspecified atom stereocenters. The van der Waals surface area contributed by atoms with E-state index in [2.05, 4.69) is 152 Å². The Morgan fingerprint density at radius 2 is 0.886 bits per heavy atom. The first-order valence-corrected chi connectivity index (χ1v) is 16.2. The molecule has 2 aliphatic rings. The van der Waals surface area contributed by atoms with Crippen molar-refractivity contribution >= 4 is 51.7 Å². The molecule has 0 aromatic carbocycles. The zero-order valence-electron chi connectivity index (χ0n) is 25.1. The van der Waals surface area contributed by atoms with Gasteiger partial charge in [-0.25, -0.2) is 0 Å². The third-order valence-corrected chi connectivity index (χ3v) is 13.2. The van der Waals surface area contributed by atoms with Gasteiger partial charge in [0.25, 0.3) is 9.12 Å². The van der Waals surface area contributed by atoms with Crippen molar-refractivity contribution in [1.82, 2.24) is 18.3 Å². The van der Waals surface area contributed by atoms with Crippen LogP contribution in [0.25, 0.3) is 0 Å². The molecule has 9 heteroatoms. The van der Waals surface area contributed by atoms with E-state index in [1.54, 1.807) is 6.92 Å². The summed E-state index contributed by atoms with van der Waals surface area (Å²) in [6.07, 6.45) is 11.3. The predicted molar refractivity (Wildman–Crippen MR) is 160 cm³/mol. The van der Waals surface area contributed by atoms with Crippen molar-refractivity contribution in [2.45, 2.75) is 119 Å². The average Bonchev–Trinajstić information content (AvgIpc) is 3.18. The Morgan fingerprint density at radius 1 is 0.686 bits per heavy atom. The Balaban J connectivity index is -0.000000503. The summed E-state index contributed by atoms with van der Waals surface area (Å²) in [6, 6.07) is 0. The number of halogens is 2. The molecule has 2 aliphatic heterocycles. The SMILES string of the molecule is C=C(C)[SiH]1N(C(C)(C)C)C=CN1C(C)(C)C.C=[C-]C.CC(C)(C)N1C=CN(C(C)(C)C)[SiH]1Cl.[Br-].[Mg+2]. The summed E-state index contributed by atoms with van der Waals surface area (Å²) in [6.45, 7) is 38.2. The van der Waals surface area contributed by atoms with Gasteiger partial charge in [-0.15, -0.1) is 17.7 Å². The van der Waals surface area contributed by atoms with Crippen LogP contribution in [0.3, 0.4) is 0 Å². The minimum absolute atomic E-state index is 0. The fourth-order valence-electron chi connectivity index (χ4n) is 3.60. The van der Waals surface area contributed by atoms with Crippen molar-refractivity contribution in [2.75, 3.05) is 0 Å². The fraction of sp³-hybridized carbons (Fsp3) is 0.692. The number of rotatable bonds is 1. The Kier molecular flexibility index (Phi) is 16.9. The van der Waals surface area contributed by atoms with Crippen molar-refractivity contribution in [3.8, 4) is 0 Å². The maximum atomic E-state index is 6.54. The minimum atomic E-state index is -1.50. The van der Waals surface area contributed by atoms with Crippen molar-refractivity contribution in [3.05, 3.63) is 49.2 Å². The van der Waals surface area contributed by atoms with E-state index >= 15 is 0 Å². The van der Waals surface area contributed by atoms with E-state index in [0.29, 0.717) is 0 Å². The van der Waals surface area contributed by atoms with Crippen molar-refractivity contribution in [1.29, 1.82) is 0 Å². The Bertz CT molecular complexity index is 671. The summed E-state index contributed by atoms with van der Waals surface area (Å²) < 4.78 is 9.64. The van der Waals surface area contributed by atoms with Crippen LogP contribution in [0.5, 0.6) is 0 Å². The van der Waals surface area contributed by atoms with Gasteiger partial charge in [0.15, 0.2) is 0 Å². The summed E-state index contributed by atoms with van der Waals surface area (Å²) in [5, 5.41) is 1.33. The zero-order chi connectivity index (χ0) is 26.6. The van der Waals surface area contributed by atoms with Crippen LogP contribution in [0, 0.1) is 6.08 Å². The molecule has 0 radical (unpaired) electrons. The zero-order valence-corrected chi connectivity index (χ0v) is 31.2. The van der Waals surface area contributed by atoms with E-state index in [1.807, 2.05) is 0 Å². The average molecular weight is 617 g/mol. The fourth-order valence-corrected chi connectivity index (χ4v) is 10.9. The number of hydrogen-bond acceptors (Lipinski definition) is 4. The summed E-state index contributed by atoms with van der Waals surface area (Å²) in [7, 11) is -2.77. The largest absolute Gasteiger partial charge is 2.00 e. The standard InChI is InChI=1S/C13H26N2Si.C10H21ClN2Si.C3H5.BrH.Mg/c1-11(2)16-14(12(3,4)5)9-10-15(16)13(6,7)8;1-9(2,3)12-7-8-13(14(12)11)10(4,5)6;1-3-2;;/h9-10,16H,1H2,2-8H3;7-8,14H,1-6H3;1H2,2H3;1H;/q;;-1;;+2/p-1. The molecule has 0 fully saturated rings. The Hall–Kier alpha value is 0.130. The molecule has 0 spiro atoms. The van der Waals surface area contributed by atoms with Gasteiger partial charge in [-0.1, -0.05) is 5.20 Å². The Morgan fingerprint density at radius 3 is 1.03 bits per heavy atom. The molecule has 0 amide bonds. The van der Waals surface area contributed by atoms with E-state index < -0.39 is 17.5 Å². The summed E-state index contributed by atoms with van der Waals surface area (Å²) in [5.41, 5.74) is 0.642. The van der Waals surface area contributed by atoms with Crippen LogP contribution in [-0.2, 0) is 0 Å². The molecule has 0 aliphatic carbocycles. The van der Waals surface area contributed by atoms with Crippen molar-refractivity contribution < 1.29 is 17.0 Å². The number of nitrogens with zero attached hydrogens (tertiary/aromatic N) is 4. The first kappa shape index (κ1) is 39.6. The second-order valence-corrected chi connectivity index (χ2v) is 18.5. The van der Waals surface area contributed by atoms with Gasteiger partial charge in [0.05, 0.1) is 0 Å². The molecule has 0 aromatic heterocycles. The number of hydrogen-bond donors (Lipinski definition) is 0. The maximum Gasteiger partial charge on any atom is 2.00 e. The summed E-state index contributed by atoms with van der Waals surface area (Å²) >= 11 is 6.54. The molecular formula is C26H52BrClMgN4Si2. The van der Waals surface area contributed by atoms with Crippen LogP contribution >= 0.6 is 11.1 Å². The van der Waals surface area contributed by atoms with E-state index in [9.17, 15) is 0 Å². The molecule has 2 rings (SSSR count).